The summed E-state index contributed by atoms with van der Waals surface area (Å²) in [5.41, 5.74) is 0. The second-order valence-corrected chi connectivity index (χ2v) is 25.4. The van der Waals surface area contributed by atoms with Crippen LogP contribution in [0.25, 0.3) is 0 Å². The van der Waals surface area contributed by atoms with E-state index in [1.165, 1.54) is 148 Å². The van der Waals surface area contributed by atoms with E-state index < -0.39 is 97.5 Å². The van der Waals surface area contributed by atoms with Crippen LogP contribution < -0.4 is 0 Å². The number of hydrogen-bond acceptors (Lipinski definition) is 15. The van der Waals surface area contributed by atoms with Crippen LogP contribution >= 0.6 is 15.6 Å². The molecule has 0 radical (unpaired) electrons. The van der Waals surface area contributed by atoms with Crippen molar-refractivity contribution in [2.75, 3.05) is 39.6 Å². The van der Waals surface area contributed by atoms with Gasteiger partial charge in [0.25, 0.3) is 0 Å². The number of hydrogen-bond donors (Lipinski definition) is 3. The number of unbranched alkanes of at least 4 members (excludes halogenated alkanes) is 37. The third kappa shape index (κ3) is 56.9. The number of aliphatic hydroxyl groups is 1. The Bertz CT molecular complexity index is 1570. The second-order valence-electron chi connectivity index (χ2n) is 22.4. The topological polar surface area (TPSA) is 237 Å². The highest BCUT2D eigenvalue weighted by Gasteiger charge is 2.30. The molecule has 17 nitrogen and oxygen atoms in total. The van der Waals surface area contributed by atoms with Crippen molar-refractivity contribution in [2.45, 2.75) is 335 Å². The lowest BCUT2D eigenvalue weighted by Gasteiger charge is -2.21. The summed E-state index contributed by atoms with van der Waals surface area (Å²) < 4.78 is 67.9. The summed E-state index contributed by atoms with van der Waals surface area (Å²) in [7, 11) is -9.88. The maximum atomic E-state index is 12.9. The van der Waals surface area contributed by atoms with Crippen molar-refractivity contribution in [3.05, 3.63) is 0 Å². The summed E-state index contributed by atoms with van der Waals surface area (Å²) in [5, 5.41) is 10.5. The fourth-order valence-corrected chi connectivity index (χ4v) is 10.9. The van der Waals surface area contributed by atoms with Crippen molar-refractivity contribution in [1.29, 1.82) is 0 Å². The average molecular weight is 1200 g/mol. The lowest BCUT2D eigenvalue weighted by molar-refractivity contribution is -0.161. The molecule has 0 heterocycles. The smallest absolute Gasteiger partial charge is 0.462 e. The molecule has 0 fully saturated rings. The zero-order valence-electron chi connectivity index (χ0n) is 51.7. The van der Waals surface area contributed by atoms with Gasteiger partial charge in [0.15, 0.2) is 12.2 Å². The quantitative estimate of drug-likeness (QED) is 0.0222. The zero-order valence-corrected chi connectivity index (χ0v) is 53.5. The number of ether oxygens (including phenoxy) is 4. The molecule has 0 rings (SSSR count). The van der Waals surface area contributed by atoms with Crippen LogP contribution in [0.5, 0.6) is 0 Å². The van der Waals surface area contributed by atoms with Crippen LogP contribution in [0.2, 0.25) is 0 Å². The average Bonchev–Trinajstić information content (AvgIpc) is 3.44. The molecule has 0 aromatic rings. The van der Waals surface area contributed by atoms with E-state index in [1.54, 1.807) is 0 Å². The van der Waals surface area contributed by atoms with Crippen LogP contribution in [0, 0.1) is 0 Å². The largest absolute Gasteiger partial charge is 0.472 e. The first-order valence-corrected chi connectivity index (χ1v) is 35.8. The molecule has 81 heavy (non-hydrogen) atoms. The van der Waals surface area contributed by atoms with Crippen LogP contribution in [0.1, 0.15) is 317 Å². The summed E-state index contributed by atoms with van der Waals surface area (Å²) in [6.45, 7) is 4.86. The standard InChI is InChI=1S/C62H120O17P2/c1-5-9-13-17-21-25-29-33-37-41-45-49-62(67)79-58(53-73-60(65)47-43-39-35-31-27-23-19-15-11-7-3)55-77-81(70,71)75-51-56(63)50-74-80(68,69)76-54-57(78-61(66)48-44-40-36-32-28-24-20-16-12-8-4)52-72-59(64)46-42-38-34-30-26-22-18-14-10-6-2/h56-58,63H,5-55H2,1-4H3,(H,68,69)(H,70,71)/t56-,57+,58+/m0/s1. The van der Waals surface area contributed by atoms with Gasteiger partial charge in [-0.05, 0) is 25.7 Å². The minimum absolute atomic E-state index is 0.107. The normalized spacial score (nSPS) is 14.2. The SMILES string of the molecule is CCCCCCCCCCCCCC(=O)O[C@H](COC(=O)CCCCCCCCCCCC)COP(=O)(O)OC[C@@H](O)COP(=O)(O)OC[C@@H](COC(=O)CCCCCCCCCCCC)OC(=O)CCCCCCCCCCCC. The van der Waals surface area contributed by atoms with Gasteiger partial charge >= 0.3 is 39.5 Å². The predicted molar refractivity (Wildman–Crippen MR) is 322 cm³/mol. The fraction of sp³-hybridized carbons (Fsp3) is 0.935. The van der Waals surface area contributed by atoms with Crippen LogP contribution in [-0.2, 0) is 65.4 Å². The van der Waals surface area contributed by atoms with Gasteiger partial charge in [-0.3, -0.25) is 37.3 Å². The van der Waals surface area contributed by atoms with Gasteiger partial charge in [-0.2, -0.15) is 0 Å². The summed E-state index contributed by atoms with van der Waals surface area (Å²) in [6.07, 6.45) is 41.5. The zero-order chi connectivity index (χ0) is 59.8. The fourth-order valence-electron chi connectivity index (χ4n) is 9.28. The Hall–Kier alpha value is -1.94. The molecule has 0 saturated carbocycles. The van der Waals surface area contributed by atoms with E-state index in [-0.39, 0.29) is 25.7 Å². The number of carbonyl (C=O) groups excluding carboxylic acids is 4. The van der Waals surface area contributed by atoms with Crippen molar-refractivity contribution in [2.24, 2.45) is 0 Å². The van der Waals surface area contributed by atoms with Gasteiger partial charge < -0.3 is 33.8 Å². The monoisotopic (exact) mass is 1200 g/mol. The van der Waals surface area contributed by atoms with E-state index in [9.17, 15) is 43.2 Å². The summed E-state index contributed by atoms with van der Waals surface area (Å²) in [6, 6.07) is 0. The highest BCUT2D eigenvalue weighted by molar-refractivity contribution is 7.47. The van der Waals surface area contributed by atoms with Crippen molar-refractivity contribution >= 4 is 39.5 Å². The molecule has 0 aliphatic heterocycles. The van der Waals surface area contributed by atoms with Gasteiger partial charge in [-0.25, -0.2) is 9.13 Å². The molecular weight excluding hydrogens is 1080 g/mol. The van der Waals surface area contributed by atoms with E-state index in [0.717, 1.165) is 89.9 Å². The first-order chi connectivity index (χ1) is 39.2. The van der Waals surface area contributed by atoms with Gasteiger partial charge in [0, 0.05) is 25.7 Å². The lowest BCUT2D eigenvalue weighted by Crippen LogP contribution is -2.30. The predicted octanol–water partition coefficient (Wildman–Crippen LogP) is 17.2. The first-order valence-electron chi connectivity index (χ1n) is 32.8. The Labute approximate surface area is 492 Å². The Morgan fingerprint density at radius 2 is 0.494 bits per heavy atom. The molecule has 0 amide bonds. The molecule has 0 aromatic heterocycles. The first kappa shape index (κ1) is 79.1. The molecule has 0 aliphatic carbocycles. The number of carbonyl (C=O) groups is 4. The van der Waals surface area contributed by atoms with E-state index in [0.29, 0.717) is 25.7 Å². The molecule has 0 spiro atoms. The van der Waals surface area contributed by atoms with E-state index in [1.807, 2.05) is 0 Å². The summed E-state index contributed by atoms with van der Waals surface area (Å²) in [5.74, 6) is -2.13. The van der Waals surface area contributed by atoms with E-state index in [4.69, 9.17) is 37.0 Å². The van der Waals surface area contributed by atoms with Crippen LogP contribution in [0.4, 0.5) is 0 Å². The van der Waals surface area contributed by atoms with Gasteiger partial charge in [0.1, 0.15) is 19.3 Å². The molecule has 480 valence electrons. The van der Waals surface area contributed by atoms with Crippen LogP contribution in [0.3, 0.4) is 0 Å². The maximum absolute atomic E-state index is 12.9. The molecule has 0 bridgehead atoms. The molecule has 3 N–H and O–H groups in total. The molecule has 0 aliphatic rings. The minimum atomic E-state index is -4.94. The van der Waals surface area contributed by atoms with Crippen LogP contribution in [0.15, 0.2) is 0 Å². The van der Waals surface area contributed by atoms with E-state index in [2.05, 4.69) is 27.7 Å². The number of aliphatic hydroxyl groups excluding tert-OH is 1. The molecule has 19 heteroatoms. The highest BCUT2D eigenvalue weighted by Crippen LogP contribution is 2.45. The van der Waals surface area contributed by atoms with Crippen LogP contribution in [-0.4, -0.2) is 96.7 Å². The Balaban J connectivity index is 5.23. The maximum Gasteiger partial charge on any atom is 0.472 e. The summed E-state index contributed by atoms with van der Waals surface area (Å²) >= 11 is 0. The third-order valence-electron chi connectivity index (χ3n) is 14.4. The van der Waals surface area contributed by atoms with Crippen molar-refractivity contribution in [1.82, 2.24) is 0 Å². The van der Waals surface area contributed by atoms with Crippen molar-refractivity contribution < 1.29 is 80.2 Å². The number of phosphoric acid groups is 2. The molecular formula is C62H120O17P2. The molecule has 5 atom stereocenters. The number of rotatable bonds is 63. The molecule has 2 unspecified atom stereocenters. The van der Waals surface area contributed by atoms with Crippen molar-refractivity contribution in [3.63, 3.8) is 0 Å². The van der Waals surface area contributed by atoms with Gasteiger partial charge in [-0.1, -0.05) is 265 Å². The van der Waals surface area contributed by atoms with Gasteiger partial charge in [0.05, 0.1) is 26.4 Å². The van der Waals surface area contributed by atoms with Gasteiger partial charge in [-0.15, -0.1) is 0 Å². The minimum Gasteiger partial charge on any atom is -0.462 e. The van der Waals surface area contributed by atoms with Crippen molar-refractivity contribution in [3.8, 4) is 0 Å². The van der Waals surface area contributed by atoms with Gasteiger partial charge in [0.2, 0.25) is 0 Å². The molecule has 0 aromatic carbocycles. The Morgan fingerprint density at radius 3 is 0.728 bits per heavy atom. The molecule has 0 saturated heterocycles. The van der Waals surface area contributed by atoms with E-state index >= 15 is 0 Å². The number of phosphoric ester groups is 2. The lowest BCUT2D eigenvalue weighted by atomic mass is 10.1. The Kier molecular flexibility index (Phi) is 55.8. The number of esters is 4. The summed E-state index contributed by atoms with van der Waals surface area (Å²) in [4.78, 5) is 72.0. The highest BCUT2D eigenvalue weighted by atomic mass is 31.2. The second kappa shape index (κ2) is 57.2. The Morgan fingerprint density at radius 1 is 0.296 bits per heavy atom. The third-order valence-corrected chi connectivity index (χ3v) is 16.3.